The highest BCUT2D eigenvalue weighted by Gasteiger charge is 2.28. The maximum Gasteiger partial charge on any atom is 0.159 e. The summed E-state index contributed by atoms with van der Waals surface area (Å²) in [5.74, 6) is -0.769. The fourth-order valence-corrected chi connectivity index (χ4v) is 3.52. The number of benzene rings is 1. The van der Waals surface area contributed by atoms with Crippen LogP contribution in [-0.4, -0.2) is 40.1 Å². The molecule has 1 aliphatic heterocycles. The van der Waals surface area contributed by atoms with E-state index in [-0.39, 0.29) is 4.75 Å². The van der Waals surface area contributed by atoms with Crippen LogP contribution in [0.15, 0.2) is 18.2 Å². The number of β-amino-alcohol motifs (C(OH)–C–C–N with tert-alkyl or cyclic N) is 1. The van der Waals surface area contributed by atoms with Gasteiger partial charge in [0, 0.05) is 30.1 Å². The van der Waals surface area contributed by atoms with E-state index in [1.807, 2.05) is 11.8 Å². The van der Waals surface area contributed by atoms with Crippen molar-refractivity contribution in [2.45, 2.75) is 24.7 Å². The molecule has 2 rings (SSSR count). The first-order valence-electron chi connectivity index (χ1n) is 6.37. The van der Waals surface area contributed by atoms with Crippen LogP contribution in [0.25, 0.3) is 0 Å². The summed E-state index contributed by atoms with van der Waals surface area (Å²) in [5, 5.41) is 10.1. The molecule has 0 saturated carbocycles. The summed E-state index contributed by atoms with van der Waals surface area (Å²) in [6.45, 7) is 6.60. The molecule has 19 heavy (non-hydrogen) atoms. The minimum absolute atomic E-state index is 0.173. The summed E-state index contributed by atoms with van der Waals surface area (Å²) in [4.78, 5) is 2.17. The zero-order valence-electron chi connectivity index (χ0n) is 11.2. The fraction of sp³-hybridized carbons (Fsp3) is 0.571. The van der Waals surface area contributed by atoms with Gasteiger partial charge in [0.15, 0.2) is 11.6 Å². The van der Waals surface area contributed by atoms with Crippen molar-refractivity contribution < 1.29 is 13.9 Å². The van der Waals surface area contributed by atoms with Gasteiger partial charge >= 0.3 is 0 Å². The Bertz CT molecular complexity index is 453. The molecule has 106 valence electrons. The molecule has 1 N–H and O–H groups in total. The van der Waals surface area contributed by atoms with E-state index < -0.39 is 17.7 Å². The highest BCUT2D eigenvalue weighted by Crippen LogP contribution is 2.30. The van der Waals surface area contributed by atoms with Gasteiger partial charge in [-0.3, -0.25) is 4.90 Å². The third-order valence-corrected chi connectivity index (χ3v) is 4.56. The summed E-state index contributed by atoms with van der Waals surface area (Å²) in [6, 6.07) is 3.57. The smallest absolute Gasteiger partial charge is 0.159 e. The second-order valence-electron chi connectivity index (χ2n) is 5.53. The molecule has 5 heteroatoms. The number of halogens is 2. The Kier molecular flexibility index (Phi) is 4.48. The maximum absolute atomic E-state index is 13.1. The van der Waals surface area contributed by atoms with E-state index in [4.69, 9.17) is 0 Å². The van der Waals surface area contributed by atoms with Crippen molar-refractivity contribution in [3.8, 4) is 0 Å². The Morgan fingerprint density at radius 2 is 2.11 bits per heavy atom. The molecule has 0 amide bonds. The molecule has 1 fully saturated rings. The number of thioether (sulfide) groups is 1. The van der Waals surface area contributed by atoms with E-state index in [1.54, 1.807) is 0 Å². The molecule has 0 aromatic heterocycles. The van der Waals surface area contributed by atoms with Crippen LogP contribution in [-0.2, 0) is 0 Å². The number of hydrogen-bond donors (Lipinski definition) is 1. The zero-order valence-corrected chi connectivity index (χ0v) is 12.0. The minimum atomic E-state index is -0.911. The number of aliphatic hydroxyl groups excluding tert-OH is 1. The van der Waals surface area contributed by atoms with E-state index in [0.717, 1.165) is 31.0 Å². The van der Waals surface area contributed by atoms with E-state index in [2.05, 4.69) is 18.7 Å². The van der Waals surface area contributed by atoms with Crippen molar-refractivity contribution in [2.24, 2.45) is 0 Å². The van der Waals surface area contributed by atoms with Gasteiger partial charge in [-0.1, -0.05) is 6.07 Å². The van der Waals surface area contributed by atoms with Gasteiger partial charge < -0.3 is 5.11 Å². The fourth-order valence-electron chi connectivity index (χ4n) is 2.34. The topological polar surface area (TPSA) is 23.5 Å². The first-order valence-corrected chi connectivity index (χ1v) is 7.35. The molecular formula is C14H19F2NOS. The second-order valence-corrected chi connectivity index (χ2v) is 7.33. The Morgan fingerprint density at radius 1 is 1.37 bits per heavy atom. The average Bonchev–Trinajstić information content (AvgIpc) is 2.31. The summed E-state index contributed by atoms with van der Waals surface area (Å²) >= 11 is 1.92. The van der Waals surface area contributed by atoms with Gasteiger partial charge in [0.25, 0.3) is 0 Å². The van der Waals surface area contributed by atoms with Crippen LogP contribution in [0, 0.1) is 11.6 Å². The summed E-state index contributed by atoms with van der Waals surface area (Å²) < 4.78 is 26.2. The van der Waals surface area contributed by atoms with Crippen LogP contribution >= 0.6 is 11.8 Å². The summed E-state index contributed by atoms with van der Waals surface area (Å²) in [5.41, 5.74) is 0.426. The lowest BCUT2D eigenvalue weighted by molar-refractivity contribution is 0.110. The first-order chi connectivity index (χ1) is 8.87. The number of rotatable bonds is 3. The van der Waals surface area contributed by atoms with Gasteiger partial charge in [0.05, 0.1) is 6.10 Å². The van der Waals surface area contributed by atoms with E-state index in [1.165, 1.54) is 6.07 Å². The van der Waals surface area contributed by atoms with Crippen molar-refractivity contribution in [1.29, 1.82) is 0 Å². The number of hydrogen-bond acceptors (Lipinski definition) is 3. The van der Waals surface area contributed by atoms with Gasteiger partial charge in [-0.25, -0.2) is 8.78 Å². The highest BCUT2D eigenvalue weighted by atomic mass is 32.2. The maximum atomic E-state index is 13.1. The zero-order chi connectivity index (χ0) is 14.0. The lowest BCUT2D eigenvalue weighted by atomic mass is 10.1. The lowest BCUT2D eigenvalue weighted by Gasteiger charge is -2.38. The van der Waals surface area contributed by atoms with Crippen molar-refractivity contribution in [3.63, 3.8) is 0 Å². The van der Waals surface area contributed by atoms with Gasteiger partial charge in [0.2, 0.25) is 0 Å². The predicted molar refractivity (Wildman–Crippen MR) is 74.3 cm³/mol. The molecule has 1 atom stereocenters. The lowest BCUT2D eigenvalue weighted by Crippen LogP contribution is -2.44. The molecule has 1 heterocycles. The van der Waals surface area contributed by atoms with E-state index in [0.29, 0.717) is 12.1 Å². The molecule has 2 nitrogen and oxygen atoms in total. The normalized spacial score (nSPS) is 21.3. The Labute approximate surface area is 116 Å². The Hall–Kier alpha value is -0.650. The molecule has 0 aliphatic carbocycles. The SMILES string of the molecule is CC1(C)CN(CC(O)c2ccc(F)c(F)c2)CCS1. The molecular weight excluding hydrogens is 268 g/mol. The average molecular weight is 287 g/mol. The molecule has 1 unspecified atom stereocenters. The molecule has 1 aromatic rings. The first kappa shape index (κ1) is 14.8. The summed E-state index contributed by atoms with van der Waals surface area (Å²) in [6.07, 6.45) is -0.783. The van der Waals surface area contributed by atoms with Gasteiger partial charge in [-0.15, -0.1) is 0 Å². The Balaban J connectivity index is 2.00. The van der Waals surface area contributed by atoms with Crippen molar-refractivity contribution in [3.05, 3.63) is 35.4 Å². The monoisotopic (exact) mass is 287 g/mol. The third-order valence-electron chi connectivity index (χ3n) is 3.26. The second kappa shape index (κ2) is 5.77. The van der Waals surface area contributed by atoms with Gasteiger partial charge in [0.1, 0.15) is 0 Å². The van der Waals surface area contributed by atoms with Crippen LogP contribution in [0.1, 0.15) is 25.5 Å². The molecule has 0 bridgehead atoms. The number of aliphatic hydroxyl groups is 1. The molecule has 0 radical (unpaired) electrons. The third kappa shape index (κ3) is 3.91. The van der Waals surface area contributed by atoms with E-state index in [9.17, 15) is 13.9 Å². The van der Waals surface area contributed by atoms with Crippen LogP contribution in [0.2, 0.25) is 0 Å². The summed E-state index contributed by atoms with van der Waals surface area (Å²) in [7, 11) is 0. The largest absolute Gasteiger partial charge is 0.387 e. The quantitative estimate of drug-likeness (QED) is 0.925. The van der Waals surface area contributed by atoms with Crippen LogP contribution < -0.4 is 0 Å². The molecule has 0 spiro atoms. The molecule has 1 aromatic carbocycles. The number of nitrogens with zero attached hydrogens (tertiary/aromatic N) is 1. The van der Waals surface area contributed by atoms with Crippen molar-refractivity contribution in [1.82, 2.24) is 4.90 Å². The highest BCUT2D eigenvalue weighted by molar-refractivity contribution is 8.00. The van der Waals surface area contributed by atoms with Crippen molar-refractivity contribution in [2.75, 3.05) is 25.4 Å². The minimum Gasteiger partial charge on any atom is -0.387 e. The Morgan fingerprint density at radius 3 is 2.74 bits per heavy atom. The molecule has 1 aliphatic rings. The predicted octanol–water partition coefficient (Wildman–Crippen LogP) is 2.83. The van der Waals surface area contributed by atoms with Gasteiger partial charge in [-0.05, 0) is 31.5 Å². The molecule has 1 saturated heterocycles. The van der Waals surface area contributed by atoms with Crippen LogP contribution in [0.5, 0.6) is 0 Å². The van der Waals surface area contributed by atoms with E-state index >= 15 is 0 Å². The van der Waals surface area contributed by atoms with Crippen LogP contribution in [0.3, 0.4) is 0 Å². The van der Waals surface area contributed by atoms with Crippen LogP contribution in [0.4, 0.5) is 8.78 Å². The van der Waals surface area contributed by atoms with Gasteiger partial charge in [-0.2, -0.15) is 11.8 Å². The standard InChI is InChI=1S/C14H19F2NOS/c1-14(2)9-17(5-6-19-14)8-13(18)10-3-4-11(15)12(16)7-10/h3-4,7,13,18H,5-6,8-9H2,1-2H3. The van der Waals surface area contributed by atoms with Crippen molar-refractivity contribution >= 4 is 11.8 Å².